The number of hydrogen-bond acceptors (Lipinski definition) is 3. The Hall–Kier alpha value is -1.19. The van der Waals surface area contributed by atoms with Gasteiger partial charge in [-0.2, -0.15) is 0 Å². The van der Waals surface area contributed by atoms with Gasteiger partial charge in [0.05, 0.1) is 6.10 Å². The van der Waals surface area contributed by atoms with Crippen LogP contribution in [0.4, 0.5) is 0 Å². The number of hydrogen-bond donors (Lipinski definition) is 1. The first-order valence-corrected chi connectivity index (χ1v) is 8.66. The van der Waals surface area contributed by atoms with E-state index < -0.39 is 6.10 Å². The van der Waals surface area contributed by atoms with Crippen LogP contribution >= 0.6 is 0 Å². The highest BCUT2D eigenvalue weighted by atomic mass is 16.6. The summed E-state index contributed by atoms with van der Waals surface area (Å²) in [6.45, 7) is 12.6. The Labute approximate surface area is 139 Å². The molecule has 3 heteroatoms. The van der Waals surface area contributed by atoms with Crippen molar-refractivity contribution in [1.82, 2.24) is 0 Å². The molecule has 5 atom stereocenters. The molecule has 3 aliphatic rings. The molecule has 0 radical (unpaired) electrons. The van der Waals surface area contributed by atoms with E-state index in [1.165, 1.54) is 5.57 Å². The number of rotatable bonds is 0. The number of ketones is 1. The quantitative estimate of drug-likeness (QED) is 0.547. The van der Waals surface area contributed by atoms with E-state index in [4.69, 9.17) is 4.74 Å². The SMILES string of the molecule is C=C1C2=C[C@H](O)[C@H](C)[C@@]1(C)CC/C(C)=C\CC[C@@]1(C)O[C@@H]1C2=O. The Morgan fingerprint density at radius 3 is 2.74 bits per heavy atom. The lowest BCUT2D eigenvalue weighted by Gasteiger charge is -2.44. The summed E-state index contributed by atoms with van der Waals surface area (Å²) >= 11 is 0. The van der Waals surface area contributed by atoms with Crippen LogP contribution in [0.2, 0.25) is 0 Å². The average molecular weight is 316 g/mol. The van der Waals surface area contributed by atoms with Crippen LogP contribution in [-0.2, 0) is 9.53 Å². The molecule has 1 N–H and O–H groups in total. The maximum absolute atomic E-state index is 12.9. The van der Waals surface area contributed by atoms with Crippen LogP contribution < -0.4 is 0 Å². The summed E-state index contributed by atoms with van der Waals surface area (Å²) in [6, 6.07) is 0. The largest absolute Gasteiger partial charge is 0.389 e. The van der Waals surface area contributed by atoms with Crippen molar-refractivity contribution in [2.45, 2.75) is 71.2 Å². The van der Waals surface area contributed by atoms with Gasteiger partial charge in [0.15, 0.2) is 5.78 Å². The molecule has 2 aliphatic carbocycles. The van der Waals surface area contributed by atoms with Crippen molar-refractivity contribution in [2.75, 3.05) is 0 Å². The smallest absolute Gasteiger partial charge is 0.194 e. The van der Waals surface area contributed by atoms with Gasteiger partial charge < -0.3 is 9.84 Å². The van der Waals surface area contributed by atoms with Crippen molar-refractivity contribution in [3.05, 3.63) is 35.5 Å². The fourth-order valence-electron chi connectivity index (χ4n) is 4.05. The maximum atomic E-state index is 12.9. The zero-order chi connectivity index (χ0) is 17.0. The van der Waals surface area contributed by atoms with Crippen LogP contribution in [0.25, 0.3) is 0 Å². The molecule has 0 unspecified atom stereocenters. The number of Topliss-reactive ketones (excluding diaryl/α,β-unsaturated/α-hetero) is 1. The molecule has 0 amide bonds. The van der Waals surface area contributed by atoms with E-state index >= 15 is 0 Å². The van der Waals surface area contributed by atoms with Crippen LogP contribution in [0.1, 0.15) is 53.4 Å². The predicted molar refractivity (Wildman–Crippen MR) is 91.0 cm³/mol. The van der Waals surface area contributed by atoms with Crippen molar-refractivity contribution in [3.8, 4) is 0 Å². The Morgan fingerprint density at radius 2 is 2.04 bits per heavy atom. The Morgan fingerprint density at radius 1 is 1.35 bits per heavy atom. The third-order valence-electron chi connectivity index (χ3n) is 6.43. The minimum Gasteiger partial charge on any atom is -0.389 e. The van der Waals surface area contributed by atoms with Crippen LogP contribution in [0.15, 0.2) is 35.5 Å². The Bertz CT molecular complexity index is 614. The molecule has 1 fully saturated rings. The van der Waals surface area contributed by atoms with Gasteiger partial charge in [0.1, 0.15) is 11.7 Å². The number of aliphatic hydroxyl groups is 1. The summed E-state index contributed by atoms with van der Waals surface area (Å²) in [6.07, 6.45) is 6.65. The number of epoxide rings is 1. The lowest BCUT2D eigenvalue weighted by atomic mass is 9.61. The van der Waals surface area contributed by atoms with Crippen LogP contribution in [0, 0.1) is 11.3 Å². The minimum atomic E-state index is -0.610. The topological polar surface area (TPSA) is 49.8 Å². The summed E-state index contributed by atoms with van der Waals surface area (Å²) in [5.41, 5.74) is 2.20. The second-order valence-electron chi connectivity index (χ2n) is 8.02. The standard InChI is InChI=1S/C20H28O3/c1-12-7-6-9-20(5)18(23-20)17(22)15-11-16(21)14(3)19(4,10-8-12)13(15)2/h7,11,14,16,18,21H,2,6,8-10H2,1,3-5H3/b12-7-/t14-,16-,18+,19-,20+/m0/s1. The molecule has 3 rings (SSSR count). The number of allylic oxidation sites excluding steroid dienone is 3. The van der Waals surface area contributed by atoms with E-state index in [-0.39, 0.29) is 28.8 Å². The van der Waals surface area contributed by atoms with Gasteiger partial charge in [-0.3, -0.25) is 4.79 Å². The number of fused-ring (bicyclic) bond motifs is 3. The Balaban J connectivity index is 2.03. The minimum absolute atomic E-state index is 0.00375. The maximum Gasteiger partial charge on any atom is 0.194 e. The van der Waals surface area contributed by atoms with Crippen molar-refractivity contribution < 1.29 is 14.6 Å². The van der Waals surface area contributed by atoms with Gasteiger partial charge in [-0.1, -0.05) is 32.1 Å². The van der Waals surface area contributed by atoms with Gasteiger partial charge in [-0.15, -0.1) is 0 Å². The number of ether oxygens (including phenoxy) is 1. The number of carbonyl (C=O) groups is 1. The molecule has 0 aromatic rings. The summed E-state index contributed by atoms with van der Waals surface area (Å²) in [4.78, 5) is 12.9. The molecule has 23 heavy (non-hydrogen) atoms. The first-order valence-electron chi connectivity index (χ1n) is 8.66. The normalized spacial score (nSPS) is 46.7. The van der Waals surface area contributed by atoms with Crippen molar-refractivity contribution in [2.24, 2.45) is 11.3 Å². The highest BCUT2D eigenvalue weighted by molar-refractivity contribution is 6.05. The predicted octanol–water partition coefficient (Wildman–Crippen LogP) is 3.73. The van der Waals surface area contributed by atoms with Gasteiger partial charge in [0, 0.05) is 5.57 Å². The van der Waals surface area contributed by atoms with Gasteiger partial charge in [0.25, 0.3) is 0 Å². The van der Waals surface area contributed by atoms with Crippen LogP contribution in [-0.4, -0.2) is 28.7 Å². The van der Waals surface area contributed by atoms with Gasteiger partial charge >= 0.3 is 0 Å². The first kappa shape index (κ1) is 16.7. The van der Waals surface area contributed by atoms with E-state index in [1.54, 1.807) is 6.08 Å². The molecule has 0 aromatic carbocycles. The lowest BCUT2D eigenvalue weighted by molar-refractivity contribution is -0.117. The van der Waals surface area contributed by atoms with Crippen LogP contribution in [0.3, 0.4) is 0 Å². The molecule has 3 nitrogen and oxygen atoms in total. The van der Waals surface area contributed by atoms with Crippen molar-refractivity contribution >= 4 is 5.78 Å². The third kappa shape index (κ3) is 2.64. The average Bonchev–Trinajstić information content (AvgIpc) is 3.17. The Kier molecular flexibility index (Phi) is 3.93. The highest BCUT2D eigenvalue weighted by Crippen LogP contribution is 2.51. The van der Waals surface area contributed by atoms with E-state index in [0.29, 0.717) is 5.57 Å². The second kappa shape index (κ2) is 5.42. The molecule has 0 saturated carbocycles. The lowest BCUT2D eigenvalue weighted by Crippen LogP contribution is -2.41. The van der Waals surface area contributed by atoms with E-state index in [2.05, 4.69) is 33.4 Å². The zero-order valence-electron chi connectivity index (χ0n) is 14.7. The van der Waals surface area contributed by atoms with Gasteiger partial charge in [0.2, 0.25) is 0 Å². The van der Waals surface area contributed by atoms with Gasteiger partial charge in [-0.25, -0.2) is 0 Å². The third-order valence-corrected chi connectivity index (χ3v) is 6.43. The fourth-order valence-corrected chi connectivity index (χ4v) is 4.05. The molecular formula is C20H28O3. The summed E-state index contributed by atoms with van der Waals surface area (Å²) < 4.78 is 5.76. The molecule has 0 spiro atoms. The molecule has 0 aromatic heterocycles. The molecule has 1 saturated heterocycles. The molecule has 1 aliphatic heterocycles. The highest BCUT2D eigenvalue weighted by Gasteiger charge is 2.58. The summed E-state index contributed by atoms with van der Waals surface area (Å²) in [5.74, 6) is 0.0461. The molecule has 2 bridgehead atoms. The molecular weight excluding hydrogens is 288 g/mol. The molecule has 126 valence electrons. The van der Waals surface area contributed by atoms with E-state index in [9.17, 15) is 9.90 Å². The van der Waals surface area contributed by atoms with E-state index in [1.807, 2.05) is 6.92 Å². The van der Waals surface area contributed by atoms with E-state index in [0.717, 1.165) is 31.3 Å². The second-order valence-corrected chi connectivity index (χ2v) is 8.02. The number of carbonyl (C=O) groups excluding carboxylic acids is 1. The first-order chi connectivity index (χ1) is 10.7. The fraction of sp³-hybridized carbons (Fsp3) is 0.650. The van der Waals surface area contributed by atoms with Crippen molar-refractivity contribution in [1.29, 1.82) is 0 Å². The zero-order valence-corrected chi connectivity index (χ0v) is 14.7. The number of aliphatic hydroxyl groups excluding tert-OH is 1. The van der Waals surface area contributed by atoms with Crippen molar-refractivity contribution in [3.63, 3.8) is 0 Å². The monoisotopic (exact) mass is 316 g/mol. The van der Waals surface area contributed by atoms with Crippen LogP contribution in [0.5, 0.6) is 0 Å². The summed E-state index contributed by atoms with van der Waals surface area (Å²) in [5, 5.41) is 10.5. The molecule has 1 heterocycles. The van der Waals surface area contributed by atoms with Gasteiger partial charge in [-0.05, 0) is 62.5 Å². The summed E-state index contributed by atoms with van der Waals surface area (Å²) in [7, 11) is 0.